The SMILES string of the molecule is Cn1c(C(F)(F)F)nc2cc(NC(=O)c3cc(=O)n(C)c4ccccc34)ccc21. The van der Waals surface area contributed by atoms with Gasteiger partial charge in [0.25, 0.3) is 11.5 Å². The van der Waals surface area contributed by atoms with Crippen molar-refractivity contribution in [1.29, 1.82) is 0 Å². The molecule has 4 rings (SSSR count). The van der Waals surface area contributed by atoms with E-state index in [1.54, 1.807) is 31.3 Å². The van der Waals surface area contributed by atoms with Gasteiger partial charge < -0.3 is 14.5 Å². The summed E-state index contributed by atoms with van der Waals surface area (Å²) < 4.78 is 41.5. The average molecular weight is 400 g/mol. The second kappa shape index (κ2) is 6.47. The van der Waals surface area contributed by atoms with E-state index in [0.29, 0.717) is 10.9 Å². The highest BCUT2D eigenvalue weighted by Gasteiger charge is 2.36. The minimum Gasteiger partial charge on any atom is -0.323 e. The second-order valence-electron chi connectivity index (χ2n) is 6.62. The molecule has 9 heteroatoms. The van der Waals surface area contributed by atoms with Gasteiger partial charge in [-0.1, -0.05) is 18.2 Å². The summed E-state index contributed by atoms with van der Waals surface area (Å²) in [5, 5.41) is 3.23. The number of aromatic nitrogens is 3. The van der Waals surface area contributed by atoms with Crippen LogP contribution in [-0.2, 0) is 20.3 Å². The summed E-state index contributed by atoms with van der Waals surface area (Å²) in [6.45, 7) is 0. The molecular formula is C20H15F3N4O2. The molecule has 2 heterocycles. The number of rotatable bonds is 2. The number of fused-ring (bicyclic) bond motifs is 2. The van der Waals surface area contributed by atoms with Crippen molar-refractivity contribution in [3.05, 3.63) is 70.3 Å². The molecule has 0 bridgehead atoms. The van der Waals surface area contributed by atoms with Crippen molar-refractivity contribution in [2.75, 3.05) is 5.32 Å². The molecule has 0 atom stereocenters. The van der Waals surface area contributed by atoms with Crippen LogP contribution >= 0.6 is 0 Å². The molecule has 1 N–H and O–H groups in total. The third kappa shape index (κ3) is 3.14. The number of nitrogens with zero attached hydrogens (tertiary/aromatic N) is 3. The van der Waals surface area contributed by atoms with Crippen LogP contribution in [0.5, 0.6) is 0 Å². The predicted octanol–water partition coefficient (Wildman–Crippen LogP) is 3.70. The van der Waals surface area contributed by atoms with E-state index in [9.17, 15) is 22.8 Å². The number of imidazole rings is 1. The van der Waals surface area contributed by atoms with Gasteiger partial charge in [-0.3, -0.25) is 9.59 Å². The van der Waals surface area contributed by atoms with Crippen LogP contribution in [0.1, 0.15) is 16.2 Å². The van der Waals surface area contributed by atoms with Gasteiger partial charge in [0.15, 0.2) is 0 Å². The maximum absolute atomic E-state index is 13.1. The zero-order valence-electron chi connectivity index (χ0n) is 15.4. The van der Waals surface area contributed by atoms with Crippen LogP contribution in [0.15, 0.2) is 53.3 Å². The van der Waals surface area contributed by atoms with Crippen molar-refractivity contribution in [1.82, 2.24) is 14.1 Å². The first-order valence-electron chi connectivity index (χ1n) is 8.60. The van der Waals surface area contributed by atoms with Crippen molar-refractivity contribution in [3.63, 3.8) is 0 Å². The Labute approximate surface area is 162 Å². The quantitative estimate of drug-likeness (QED) is 0.558. The zero-order chi connectivity index (χ0) is 20.9. The lowest BCUT2D eigenvalue weighted by molar-refractivity contribution is -0.146. The summed E-state index contributed by atoms with van der Waals surface area (Å²) in [6, 6.07) is 12.5. The normalized spacial score (nSPS) is 11.9. The Bertz CT molecular complexity index is 1340. The first-order chi connectivity index (χ1) is 13.7. The fourth-order valence-electron chi connectivity index (χ4n) is 3.33. The van der Waals surface area contributed by atoms with Crippen molar-refractivity contribution >= 4 is 33.5 Å². The summed E-state index contributed by atoms with van der Waals surface area (Å²) in [5.74, 6) is -1.56. The molecule has 29 heavy (non-hydrogen) atoms. The first kappa shape index (κ1) is 18.7. The molecule has 0 saturated heterocycles. The Morgan fingerprint density at radius 2 is 1.72 bits per heavy atom. The average Bonchev–Trinajstić information content (AvgIpc) is 3.01. The number of hydrogen-bond acceptors (Lipinski definition) is 3. The summed E-state index contributed by atoms with van der Waals surface area (Å²) in [4.78, 5) is 28.6. The van der Waals surface area contributed by atoms with Gasteiger partial charge in [0.05, 0.1) is 22.1 Å². The van der Waals surface area contributed by atoms with E-state index >= 15 is 0 Å². The van der Waals surface area contributed by atoms with Crippen LogP contribution < -0.4 is 10.9 Å². The summed E-state index contributed by atoms with van der Waals surface area (Å²) in [5.41, 5.74) is 1.10. The summed E-state index contributed by atoms with van der Waals surface area (Å²) in [6.07, 6.45) is -4.58. The number of para-hydroxylation sites is 1. The fourth-order valence-corrected chi connectivity index (χ4v) is 3.33. The molecule has 0 fully saturated rings. The van der Waals surface area contributed by atoms with Crippen LogP contribution in [0.4, 0.5) is 18.9 Å². The third-order valence-corrected chi connectivity index (χ3v) is 4.79. The molecule has 2 aromatic heterocycles. The van der Waals surface area contributed by atoms with Gasteiger partial charge in [-0.15, -0.1) is 0 Å². The van der Waals surface area contributed by atoms with E-state index < -0.39 is 17.9 Å². The monoisotopic (exact) mass is 400 g/mol. The fraction of sp³-hybridized carbons (Fsp3) is 0.150. The zero-order valence-corrected chi connectivity index (χ0v) is 15.4. The van der Waals surface area contributed by atoms with E-state index in [1.165, 1.54) is 35.9 Å². The smallest absolute Gasteiger partial charge is 0.323 e. The molecule has 2 aromatic carbocycles. The molecule has 4 aromatic rings. The third-order valence-electron chi connectivity index (χ3n) is 4.79. The van der Waals surface area contributed by atoms with E-state index in [0.717, 1.165) is 4.57 Å². The van der Waals surface area contributed by atoms with Crippen LogP contribution in [0.2, 0.25) is 0 Å². The van der Waals surface area contributed by atoms with Gasteiger partial charge in [0, 0.05) is 31.2 Å². The number of halogens is 3. The highest BCUT2D eigenvalue weighted by atomic mass is 19.4. The maximum Gasteiger partial charge on any atom is 0.449 e. The summed E-state index contributed by atoms with van der Waals surface area (Å²) in [7, 11) is 2.89. The minimum atomic E-state index is -4.58. The van der Waals surface area contributed by atoms with Crippen molar-refractivity contribution in [2.45, 2.75) is 6.18 Å². The Morgan fingerprint density at radius 3 is 2.45 bits per heavy atom. The van der Waals surface area contributed by atoms with Crippen LogP contribution in [0.25, 0.3) is 21.9 Å². The van der Waals surface area contributed by atoms with E-state index in [2.05, 4.69) is 10.3 Å². The minimum absolute atomic E-state index is 0.103. The number of nitrogens with one attached hydrogen (secondary N) is 1. The van der Waals surface area contributed by atoms with Gasteiger partial charge in [0.2, 0.25) is 5.82 Å². The lowest BCUT2D eigenvalue weighted by Gasteiger charge is -2.10. The number of aryl methyl sites for hydroxylation is 2. The number of hydrogen-bond donors (Lipinski definition) is 1. The number of amides is 1. The number of pyridine rings is 1. The lowest BCUT2D eigenvalue weighted by atomic mass is 10.1. The van der Waals surface area contributed by atoms with Gasteiger partial charge in [-0.2, -0.15) is 13.2 Å². The van der Waals surface area contributed by atoms with Crippen LogP contribution in [0, 0.1) is 0 Å². The Kier molecular flexibility index (Phi) is 4.18. The maximum atomic E-state index is 13.1. The van der Waals surface area contributed by atoms with Crippen molar-refractivity contribution in [2.24, 2.45) is 14.1 Å². The largest absolute Gasteiger partial charge is 0.449 e. The molecule has 0 unspecified atom stereocenters. The van der Waals surface area contributed by atoms with Crippen LogP contribution in [-0.4, -0.2) is 20.0 Å². The Hall–Kier alpha value is -3.62. The van der Waals surface area contributed by atoms with E-state index in [1.807, 2.05) is 0 Å². The molecule has 1 amide bonds. The van der Waals surface area contributed by atoms with Crippen molar-refractivity contribution < 1.29 is 18.0 Å². The topological polar surface area (TPSA) is 68.9 Å². The molecule has 6 nitrogen and oxygen atoms in total. The molecule has 0 aliphatic rings. The molecule has 0 saturated carbocycles. The van der Waals surface area contributed by atoms with Gasteiger partial charge in [-0.25, -0.2) is 4.98 Å². The van der Waals surface area contributed by atoms with E-state index in [4.69, 9.17) is 0 Å². The number of carbonyl (C=O) groups excluding carboxylic acids is 1. The molecular weight excluding hydrogens is 385 g/mol. The van der Waals surface area contributed by atoms with Gasteiger partial charge in [0.1, 0.15) is 0 Å². The lowest BCUT2D eigenvalue weighted by Crippen LogP contribution is -2.21. The molecule has 148 valence electrons. The molecule has 0 spiro atoms. The first-order valence-corrected chi connectivity index (χ1v) is 8.60. The standard InChI is InChI=1S/C20H15F3N4O2/c1-26-15-6-4-3-5-12(15)13(10-17(26)28)18(29)24-11-7-8-16-14(9-11)25-19(27(16)2)20(21,22)23/h3-10H,1-2H3,(H,24,29). The van der Waals surface area contributed by atoms with Gasteiger partial charge in [-0.05, 0) is 24.3 Å². The van der Waals surface area contributed by atoms with Gasteiger partial charge >= 0.3 is 6.18 Å². The molecule has 0 aliphatic heterocycles. The Morgan fingerprint density at radius 1 is 1.00 bits per heavy atom. The highest BCUT2D eigenvalue weighted by Crippen LogP contribution is 2.31. The van der Waals surface area contributed by atoms with Crippen LogP contribution in [0.3, 0.4) is 0 Å². The Balaban J connectivity index is 1.74. The predicted molar refractivity (Wildman–Crippen MR) is 103 cm³/mol. The number of carbonyl (C=O) groups is 1. The summed E-state index contributed by atoms with van der Waals surface area (Å²) >= 11 is 0. The highest BCUT2D eigenvalue weighted by molar-refractivity contribution is 6.12. The molecule has 0 aliphatic carbocycles. The molecule has 0 radical (unpaired) electrons. The van der Waals surface area contributed by atoms with Crippen molar-refractivity contribution in [3.8, 4) is 0 Å². The number of anilines is 1. The number of benzene rings is 2. The number of alkyl halides is 3. The van der Waals surface area contributed by atoms with E-state index in [-0.39, 0.29) is 27.8 Å². The second-order valence-corrected chi connectivity index (χ2v) is 6.62.